The van der Waals surface area contributed by atoms with E-state index in [0.717, 1.165) is 173 Å². The van der Waals surface area contributed by atoms with Gasteiger partial charge in [0.2, 0.25) is 0 Å². The summed E-state index contributed by atoms with van der Waals surface area (Å²) in [7, 11) is 5.97. The normalized spacial score (nSPS) is 13.9. The predicted octanol–water partition coefficient (Wildman–Crippen LogP) is 26.0. The molecule has 9 heteroatoms. The summed E-state index contributed by atoms with van der Waals surface area (Å²) in [6.45, 7) is 4.62. The second kappa shape index (κ2) is 79.3. The van der Waals surface area contributed by atoms with Crippen LogP contribution in [0.3, 0.4) is 0 Å². The molecule has 101 heavy (non-hydrogen) atoms. The summed E-state index contributed by atoms with van der Waals surface area (Å²) in [6, 6.07) is 0. The average molecular weight is 1390 g/mol. The number of rotatable bonds is 71. The summed E-state index contributed by atoms with van der Waals surface area (Å²) in [5.41, 5.74) is 0. The number of allylic oxidation sites excluding steroid dienone is 36. The van der Waals surface area contributed by atoms with Crippen LogP contribution >= 0.6 is 0 Å². The van der Waals surface area contributed by atoms with Gasteiger partial charge in [-0.3, -0.25) is 9.59 Å². The summed E-state index contributed by atoms with van der Waals surface area (Å²) < 4.78 is 23.0. The number of nitrogens with zero attached hydrogens (tertiary/aromatic N) is 1. The lowest BCUT2D eigenvalue weighted by atomic mass is 10.0. The lowest BCUT2D eigenvalue weighted by Crippen LogP contribution is -2.40. The van der Waals surface area contributed by atoms with Gasteiger partial charge in [-0.15, -0.1) is 0 Å². The van der Waals surface area contributed by atoms with Gasteiger partial charge in [-0.05, 0) is 154 Å². The molecule has 0 bridgehead atoms. The molecule has 566 valence electrons. The van der Waals surface area contributed by atoms with E-state index in [1.165, 1.54) is 77.0 Å². The maximum atomic E-state index is 13.0. The molecule has 0 saturated carbocycles. The number of hydrogen-bond donors (Lipinski definition) is 1. The Balaban J connectivity index is 4.16. The van der Waals surface area contributed by atoms with Gasteiger partial charge < -0.3 is 28.5 Å². The van der Waals surface area contributed by atoms with Gasteiger partial charge >= 0.3 is 17.9 Å². The van der Waals surface area contributed by atoms with E-state index in [2.05, 4.69) is 233 Å². The largest absolute Gasteiger partial charge is 0.477 e. The predicted molar refractivity (Wildman–Crippen MR) is 437 cm³/mol. The van der Waals surface area contributed by atoms with Crippen LogP contribution in [0.4, 0.5) is 0 Å². The van der Waals surface area contributed by atoms with Gasteiger partial charge in [0, 0.05) is 12.8 Å². The van der Waals surface area contributed by atoms with Crippen molar-refractivity contribution in [2.24, 2.45) is 0 Å². The fraction of sp³-hybridized carbons (Fsp3) is 0.576. The van der Waals surface area contributed by atoms with Crippen LogP contribution in [0, 0.1) is 0 Å². The van der Waals surface area contributed by atoms with Gasteiger partial charge in [0.15, 0.2) is 6.10 Å². The number of carboxylic acids is 1. The van der Waals surface area contributed by atoms with Crippen LogP contribution in [0.2, 0.25) is 0 Å². The Bertz CT molecular complexity index is 2470. The van der Waals surface area contributed by atoms with E-state index < -0.39 is 24.3 Å². The fourth-order valence-electron chi connectivity index (χ4n) is 10.2. The van der Waals surface area contributed by atoms with E-state index in [1.807, 2.05) is 21.1 Å². The Labute approximate surface area is 619 Å². The summed E-state index contributed by atoms with van der Waals surface area (Å²) in [5, 5.41) is 9.78. The van der Waals surface area contributed by atoms with Gasteiger partial charge in [0.1, 0.15) is 13.2 Å². The number of unbranched alkanes of at least 4 members (excludes halogenated alkanes) is 20. The molecule has 0 rings (SSSR count). The third kappa shape index (κ3) is 80.8. The Morgan fingerprint density at radius 1 is 0.297 bits per heavy atom. The number of quaternary nitrogens is 1. The topological polar surface area (TPSA) is 108 Å². The first-order valence-electron chi connectivity index (χ1n) is 39.9. The zero-order valence-electron chi connectivity index (χ0n) is 64.7. The Kier molecular flexibility index (Phi) is 74.3. The highest BCUT2D eigenvalue weighted by Gasteiger charge is 2.25. The highest BCUT2D eigenvalue weighted by atomic mass is 16.7. The second-order valence-corrected chi connectivity index (χ2v) is 26.9. The van der Waals surface area contributed by atoms with Crippen molar-refractivity contribution in [1.82, 2.24) is 0 Å². The number of carbonyl (C=O) groups excluding carboxylic acids is 2. The highest BCUT2D eigenvalue weighted by Crippen LogP contribution is 2.16. The molecule has 0 saturated heterocycles. The number of aliphatic carboxylic acids is 1. The molecule has 0 aliphatic carbocycles. The first kappa shape index (κ1) is 94.6. The zero-order chi connectivity index (χ0) is 73.2. The van der Waals surface area contributed by atoms with Crippen LogP contribution in [-0.2, 0) is 33.3 Å². The number of ether oxygens (including phenoxy) is 4. The molecule has 2 unspecified atom stereocenters. The minimum Gasteiger partial charge on any atom is -0.477 e. The highest BCUT2D eigenvalue weighted by molar-refractivity contribution is 5.71. The Hall–Kier alpha value is -6.39. The van der Waals surface area contributed by atoms with Crippen LogP contribution in [0.5, 0.6) is 0 Å². The summed E-state index contributed by atoms with van der Waals surface area (Å²) in [4.78, 5) is 37.8. The molecule has 0 aromatic rings. The molecule has 0 spiro atoms. The lowest BCUT2D eigenvalue weighted by molar-refractivity contribution is -0.870. The first-order valence-corrected chi connectivity index (χ1v) is 39.9. The van der Waals surface area contributed by atoms with E-state index in [9.17, 15) is 19.5 Å². The van der Waals surface area contributed by atoms with Crippen molar-refractivity contribution in [3.8, 4) is 0 Å². The van der Waals surface area contributed by atoms with E-state index in [4.69, 9.17) is 18.9 Å². The van der Waals surface area contributed by atoms with Gasteiger partial charge in [0.25, 0.3) is 6.29 Å². The third-order valence-corrected chi connectivity index (χ3v) is 16.2. The number of carbonyl (C=O) groups is 3. The molecule has 9 nitrogen and oxygen atoms in total. The number of likely N-dealkylation sites (N-methyl/N-ethyl adjacent to an activating group) is 1. The molecule has 0 heterocycles. The molecule has 0 aliphatic heterocycles. The van der Waals surface area contributed by atoms with E-state index in [0.29, 0.717) is 17.4 Å². The second-order valence-electron chi connectivity index (χ2n) is 26.9. The minimum atomic E-state index is -1.53. The lowest BCUT2D eigenvalue weighted by Gasteiger charge is -2.25. The van der Waals surface area contributed by atoms with Crippen LogP contribution < -0.4 is 0 Å². The SMILES string of the molecule is CC/C=C\C/C=C\C/C=C\C/C=C\C/C=C\C/C=C\C/C=C\C/C=C\C/C=C\C/C=C\CCCCCCCCCCCCC(=O)OC(COC(=O)CCCCCCCCCCCC/C=C\C/C=C\C/C=C\C/C=C\C/C=C\C/C=C\C/C=C\C/C=C\CC)COC(OCC[N+](C)(C)C)C(=O)O. The monoisotopic (exact) mass is 1390 g/mol. The molecule has 1 N–H and O–H groups in total. The molecule has 0 aromatic carbocycles. The Morgan fingerprint density at radius 2 is 0.535 bits per heavy atom. The molecular formula is C92H146NO8+. The summed E-state index contributed by atoms with van der Waals surface area (Å²) in [5.74, 6) is -2.03. The van der Waals surface area contributed by atoms with Crippen molar-refractivity contribution < 1.29 is 42.9 Å². The van der Waals surface area contributed by atoms with Gasteiger partial charge in [0.05, 0.1) is 34.4 Å². The summed E-state index contributed by atoms with van der Waals surface area (Å²) in [6.07, 6.45) is 122. The van der Waals surface area contributed by atoms with Crippen molar-refractivity contribution >= 4 is 17.9 Å². The smallest absolute Gasteiger partial charge is 0.361 e. The summed E-state index contributed by atoms with van der Waals surface area (Å²) >= 11 is 0. The quantitative estimate of drug-likeness (QED) is 0.0211. The van der Waals surface area contributed by atoms with Crippen molar-refractivity contribution in [3.05, 3.63) is 219 Å². The van der Waals surface area contributed by atoms with Crippen molar-refractivity contribution in [3.63, 3.8) is 0 Å². The van der Waals surface area contributed by atoms with Crippen molar-refractivity contribution in [2.75, 3.05) is 47.5 Å². The van der Waals surface area contributed by atoms with Crippen LogP contribution in [0.1, 0.15) is 284 Å². The Morgan fingerprint density at radius 3 is 0.792 bits per heavy atom. The molecule has 0 fully saturated rings. The fourth-order valence-corrected chi connectivity index (χ4v) is 10.2. The van der Waals surface area contributed by atoms with Crippen LogP contribution in [0.25, 0.3) is 0 Å². The number of esters is 2. The molecular weight excluding hydrogens is 1250 g/mol. The first-order chi connectivity index (χ1) is 49.6. The molecule has 2 atom stereocenters. The zero-order valence-corrected chi connectivity index (χ0v) is 64.7. The van der Waals surface area contributed by atoms with Crippen LogP contribution in [0.15, 0.2) is 219 Å². The average Bonchev–Trinajstić information content (AvgIpc) is 1.21. The number of hydrogen-bond acceptors (Lipinski definition) is 7. The number of carboxylic acid groups (broad SMARTS) is 1. The van der Waals surface area contributed by atoms with Gasteiger partial charge in [-0.2, -0.15) is 0 Å². The van der Waals surface area contributed by atoms with Crippen molar-refractivity contribution in [2.45, 2.75) is 296 Å². The van der Waals surface area contributed by atoms with E-state index >= 15 is 0 Å². The molecule has 0 radical (unpaired) electrons. The standard InChI is InChI=1S/C92H145NO8/c1-6-8-10-12-14-16-18-20-22-24-26-28-30-32-34-36-38-40-42-43-44-45-46-47-49-51-53-55-57-59-61-63-65-67-69-71-73-75-77-79-81-83-90(95)101-88(87-100-92(91(96)97)98-85-84-93(3,4)5)86-99-89(94)82-80-78-76-74-72-70-68-66-64-62-60-58-56-54-52-50-48-41-39-37-35-33-31-29-27-25-23-21-19-17-15-13-11-9-7-2/h8-11,14-17,20-23,26-29,32-35,38-41,43-44,46-47,50-53,56-59,88,92H,6-7,12-13,18-19,24-25,30-31,36-37,42,45,48-49,54-55,60-87H2,1-5H3/p+1/b10-8-,11-9-,16-14-,17-15-,22-20-,23-21-,28-26-,29-27-,34-32-,35-33-,40-38-,41-39-,44-43-,47-46-,52-50-,53-51-,58-56-,59-57-. The van der Waals surface area contributed by atoms with Crippen molar-refractivity contribution in [1.29, 1.82) is 0 Å². The minimum absolute atomic E-state index is 0.175. The third-order valence-electron chi connectivity index (χ3n) is 16.2. The maximum absolute atomic E-state index is 13.0. The van der Waals surface area contributed by atoms with Gasteiger partial charge in [-0.1, -0.05) is 335 Å². The van der Waals surface area contributed by atoms with E-state index in [-0.39, 0.29) is 38.6 Å². The molecule has 0 amide bonds. The van der Waals surface area contributed by atoms with Gasteiger partial charge in [-0.25, -0.2) is 4.79 Å². The maximum Gasteiger partial charge on any atom is 0.361 e. The van der Waals surface area contributed by atoms with E-state index in [1.54, 1.807) is 0 Å². The van der Waals surface area contributed by atoms with Crippen LogP contribution in [-0.4, -0.2) is 87.4 Å². The molecule has 0 aromatic heterocycles. The molecule has 0 aliphatic rings.